The first-order valence-electron chi connectivity index (χ1n) is 6.98. The fourth-order valence-electron chi connectivity index (χ4n) is 2.34. The molecule has 3 rings (SSSR count). The van der Waals surface area contributed by atoms with Crippen molar-refractivity contribution in [2.45, 2.75) is 39.2 Å². The summed E-state index contributed by atoms with van der Waals surface area (Å²) < 4.78 is 11.1. The zero-order chi connectivity index (χ0) is 14.8. The van der Waals surface area contributed by atoms with Crippen LogP contribution >= 0.6 is 11.6 Å². The molecule has 2 aromatic rings. The van der Waals surface area contributed by atoms with Gasteiger partial charge in [-0.2, -0.15) is 9.97 Å². The van der Waals surface area contributed by atoms with Gasteiger partial charge in [0.1, 0.15) is 5.75 Å². The number of halogens is 1. The van der Waals surface area contributed by atoms with Gasteiger partial charge in [-0.25, -0.2) is 0 Å². The number of nitrogens with zero attached hydrogens (tertiary/aromatic N) is 3. The van der Waals surface area contributed by atoms with Crippen LogP contribution in [0.1, 0.15) is 31.4 Å². The van der Waals surface area contributed by atoms with E-state index in [-0.39, 0.29) is 23.4 Å². The molecular formula is C15H16ClN3O2. The normalized spacial score (nSPS) is 13.3. The van der Waals surface area contributed by atoms with Crippen LogP contribution in [-0.4, -0.2) is 21.1 Å². The van der Waals surface area contributed by atoms with Crippen LogP contribution < -0.4 is 9.47 Å². The minimum Gasteiger partial charge on any atom is -0.461 e. The fraction of sp³-hybridized carbons (Fsp3) is 0.400. The van der Waals surface area contributed by atoms with Gasteiger partial charge < -0.3 is 9.47 Å². The number of fused-ring (bicyclic) bond motifs is 1. The Labute approximate surface area is 128 Å². The van der Waals surface area contributed by atoms with Gasteiger partial charge in [0.25, 0.3) is 0 Å². The summed E-state index contributed by atoms with van der Waals surface area (Å²) in [4.78, 5) is 12.0. The lowest BCUT2D eigenvalue weighted by Gasteiger charge is -2.09. The Morgan fingerprint density at radius 3 is 2.62 bits per heavy atom. The molecule has 0 spiro atoms. The third-order valence-electron chi connectivity index (χ3n) is 3.19. The van der Waals surface area contributed by atoms with Gasteiger partial charge in [-0.1, -0.05) is 6.07 Å². The molecule has 110 valence electrons. The van der Waals surface area contributed by atoms with Crippen molar-refractivity contribution in [1.29, 1.82) is 0 Å². The number of hydrogen-bond acceptors (Lipinski definition) is 5. The van der Waals surface area contributed by atoms with Gasteiger partial charge >= 0.3 is 12.0 Å². The summed E-state index contributed by atoms with van der Waals surface area (Å²) in [7, 11) is 0. The molecule has 21 heavy (non-hydrogen) atoms. The highest BCUT2D eigenvalue weighted by Crippen LogP contribution is 2.28. The summed E-state index contributed by atoms with van der Waals surface area (Å²) in [5.41, 5.74) is 2.71. The van der Waals surface area contributed by atoms with Crippen LogP contribution in [0.15, 0.2) is 18.2 Å². The lowest BCUT2D eigenvalue weighted by molar-refractivity contribution is 0.218. The molecule has 5 nitrogen and oxygen atoms in total. The Morgan fingerprint density at radius 2 is 1.81 bits per heavy atom. The molecule has 6 heteroatoms. The van der Waals surface area contributed by atoms with Crippen molar-refractivity contribution in [2.24, 2.45) is 0 Å². The fourth-order valence-corrected chi connectivity index (χ4v) is 2.49. The molecule has 0 aliphatic heterocycles. The van der Waals surface area contributed by atoms with Crippen molar-refractivity contribution in [3.63, 3.8) is 0 Å². The summed E-state index contributed by atoms with van der Waals surface area (Å²) in [5.74, 6) is 0.702. The van der Waals surface area contributed by atoms with E-state index >= 15 is 0 Å². The zero-order valence-corrected chi connectivity index (χ0v) is 12.7. The van der Waals surface area contributed by atoms with E-state index < -0.39 is 0 Å². The van der Waals surface area contributed by atoms with Gasteiger partial charge in [0.05, 0.1) is 6.10 Å². The molecule has 0 radical (unpaired) electrons. The van der Waals surface area contributed by atoms with Crippen molar-refractivity contribution in [1.82, 2.24) is 15.0 Å². The largest absolute Gasteiger partial charge is 0.461 e. The van der Waals surface area contributed by atoms with E-state index in [0.29, 0.717) is 5.75 Å². The average molecular weight is 306 g/mol. The third kappa shape index (κ3) is 3.42. The Bertz CT molecular complexity index is 661. The van der Waals surface area contributed by atoms with Gasteiger partial charge in [-0.05, 0) is 68.0 Å². The summed E-state index contributed by atoms with van der Waals surface area (Å²) in [6.45, 7) is 3.78. The predicted molar refractivity (Wildman–Crippen MR) is 79.1 cm³/mol. The Kier molecular flexibility index (Phi) is 3.92. The monoisotopic (exact) mass is 305 g/mol. The molecule has 0 saturated carbocycles. The second-order valence-electron chi connectivity index (χ2n) is 5.22. The maximum atomic E-state index is 5.87. The van der Waals surface area contributed by atoms with Crippen molar-refractivity contribution in [3.8, 4) is 17.8 Å². The first-order chi connectivity index (χ1) is 10.1. The zero-order valence-electron chi connectivity index (χ0n) is 12.0. The van der Waals surface area contributed by atoms with Crippen LogP contribution in [0.25, 0.3) is 0 Å². The highest BCUT2D eigenvalue weighted by atomic mass is 35.5. The van der Waals surface area contributed by atoms with Crippen LogP contribution in [0.5, 0.6) is 17.8 Å². The molecule has 0 amide bonds. The molecule has 0 unspecified atom stereocenters. The minimum absolute atomic E-state index is 0.0451. The van der Waals surface area contributed by atoms with E-state index in [9.17, 15) is 0 Å². The van der Waals surface area contributed by atoms with Crippen LogP contribution in [0, 0.1) is 0 Å². The third-order valence-corrected chi connectivity index (χ3v) is 3.36. The van der Waals surface area contributed by atoms with Gasteiger partial charge in [0, 0.05) is 0 Å². The second-order valence-corrected chi connectivity index (χ2v) is 5.56. The standard InChI is InChI=1S/C15H16ClN3O2/c1-9(2)20-14-17-13(16)18-15(19-14)21-12-7-6-10-4-3-5-11(10)8-12/h6-9H,3-5H2,1-2H3. The van der Waals surface area contributed by atoms with E-state index in [0.717, 1.165) is 12.8 Å². The average Bonchev–Trinajstić information content (AvgIpc) is 2.84. The number of aryl methyl sites for hydroxylation is 2. The molecule has 1 heterocycles. The smallest absolute Gasteiger partial charge is 0.329 e. The quantitative estimate of drug-likeness (QED) is 0.864. The lowest BCUT2D eigenvalue weighted by Crippen LogP contribution is -2.09. The van der Waals surface area contributed by atoms with E-state index in [1.54, 1.807) is 0 Å². The Hall–Kier alpha value is -1.88. The van der Waals surface area contributed by atoms with Crippen LogP contribution in [0.3, 0.4) is 0 Å². The molecule has 0 bridgehead atoms. The van der Waals surface area contributed by atoms with Gasteiger partial charge in [-0.15, -0.1) is 4.98 Å². The second kappa shape index (κ2) is 5.85. The summed E-state index contributed by atoms with van der Waals surface area (Å²) in [5, 5.41) is 0.0526. The topological polar surface area (TPSA) is 57.1 Å². The number of hydrogen-bond donors (Lipinski definition) is 0. The van der Waals surface area contributed by atoms with E-state index in [1.807, 2.05) is 26.0 Å². The maximum Gasteiger partial charge on any atom is 0.329 e. The first-order valence-corrected chi connectivity index (χ1v) is 7.36. The highest BCUT2D eigenvalue weighted by molar-refractivity contribution is 6.28. The Morgan fingerprint density at radius 1 is 1.05 bits per heavy atom. The van der Waals surface area contributed by atoms with E-state index in [4.69, 9.17) is 21.1 Å². The maximum absolute atomic E-state index is 5.87. The van der Waals surface area contributed by atoms with Crippen LogP contribution in [-0.2, 0) is 12.8 Å². The molecule has 1 aromatic heterocycles. The number of rotatable bonds is 4. The van der Waals surface area contributed by atoms with Crippen molar-refractivity contribution in [2.75, 3.05) is 0 Å². The molecular weight excluding hydrogens is 290 g/mol. The molecule has 0 N–H and O–H groups in total. The summed E-state index contributed by atoms with van der Waals surface area (Å²) in [6.07, 6.45) is 3.38. The minimum atomic E-state index is -0.0451. The lowest BCUT2D eigenvalue weighted by atomic mass is 10.1. The van der Waals surface area contributed by atoms with E-state index in [2.05, 4.69) is 21.0 Å². The molecule has 1 aliphatic rings. The van der Waals surface area contributed by atoms with E-state index in [1.165, 1.54) is 17.5 Å². The highest BCUT2D eigenvalue weighted by Gasteiger charge is 2.13. The molecule has 0 fully saturated rings. The molecule has 0 saturated heterocycles. The van der Waals surface area contributed by atoms with Crippen molar-refractivity contribution < 1.29 is 9.47 Å². The number of benzene rings is 1. The summed E-state index contributed by atoms with van der Waals surface area (Å²) in [6, 6.07) is 6.35. The van der Waals surface area contributed by atoms with Crippen molar-refractivity contribution in [3.05, 3.63) is 34.6 Å². The first kappa shape index (κ1) is 14.1. The molecule has 1 aliphatic carbocycles. The van der Waals surface area contributed by atoms with Gasteiger partial charge in [-0.3, -0.25) is 0 Å². The van der Waals surface area contributed by atoms with Gasteiger partial charge in [0.15, 0.2) is 0 Å². The van der Waals surface area contributed by atoms with Crippen LogP contribution in [0.4, 0.5) is 0 Å². The number of aromatic nitrogens is 3. The van der Waals surface area contributed by atoms with Crippen molar-refractivity contribution >= 4 is 11.6 Å². The summed E-state index contributed by atoms with van der Waals surface area (Å²) >= 11 is 5.87. The number of ether oxygens (including phenoxy) is 2. The molecule has 1 aromatic carbocycles. The Balaban J connectivity index is 1.82. The predicted octanol–water partition coefficient (Wildman–Crippen LogP) is 3.59. The van der Waals surface area contributed by atoms with Gasteiger partial charge in [0.2, 0.25) is 5.28 Å². The SMILES string of the molecule is CC(C)Oc1nc(Cl)nc(Oc2ccc3c(c2)CCC3)n1. The molecule has 0 atom stereocenters. The van der Waals surface area contributed by atoms with Crippen LogP contribution in [0.2, 0.25) is 5.28 Å².